The first-order valence-corrected chi connectivity index (χ1v) is 6.57. The van der Waals surface area contributed by atoms with Gasteiger partial charge in [0.15, 0.2) is 0 Å². The number of carboxylic acids is 1. The third kappa shape index (κ3) is 2.67. The van der Waals surface area contributed by atoms with Crippen LogP contribution in [0.3, 0.4) is 0 Å². The van der Waals surface area contributed by atoms with Gasteiger partial charge in [0.2, 0.25) is 5.54 Å². The van der Waals surface area contributed by atoms with Gasteiger partial charge in [-0.2, -0.15) is 13.2 Å². The highest BCUT2D eigenvalue weighted by Crippen LogP contribution is 2.36. The smallest absolute Gasteiger partial charge is 0.422 e. The third-order valence-corrected chi connectivity index (χ3v) is 3.81. The summed E-state index contributed by atoms with van der Waals surface area (Å²) in [5.74, 6) is -2.17. The molecule has 0 amide bonds. The molecule has 1 aromatic heterocycles. The Kier molecular flexibility index (Phi) is 3.83. The molecular formula is C13H10BrF3N2O2. The van der Waals surface area contributed by atoms with Gasteiger partial charge in [0.05, 0.1) is 0 Å². The lowest BCUT2D eigenvalue weighted by molar-refractivity contribution is -0.192. The monoisotopic (exact) mass is 362 g/mol. The van der Waals surface area contributed by atoms with E-state index in [9.17, 15) is 18.0 Å². The van der Waals surface area contributed by atoms with Gasteiger partial charge in [0.1, 0.15) is 5.82 Å². The van der Waals surface area contributed by atoms with E-state index in [2.05, 4.69) is 20.9 Å². The number of nitrogens with zero attached hydrogens (tertiary/aromatic N) is 1. The summed E-state index contributed by atoms with van der Waals surface area (Å²) in [5, 5.41) is 12.0. The number of hydrogen-bond donors (Lipinski definition) is 2. The number of carboxylic acid groups (broad SMARTS) is 1. The average Bonchev–Trinajstić information content (AvgIpc) is 2.38. The molecule has 0 bridgehead atoms. The number of hydrogen-bond acceptors (Lipinski definition) is 3. The van der Waals surface area contributed by atoms with Gasteiger partial charge < -0.3 is 10.4 Å². The Balaban J connectivity index is 2.58. The number of anilines is 1. The molecule has 0 aliphatic rings. The van der Waals surface area contributed by atoms with Gasteiger partial charge in [-0.05, 0) is 19.1 Å². The zero-order valence-corrected chi connectivity index (χ0v) is 12.3. The number of benzene rings is 1. The molecule has 0 aliphatic heterocycles. The molecule has 1 unspecified atom stereocenters. The molecule has 0 saturated carbocycles. The Morgan fingerprint density at radius 1 is 1.29 bits per heavy atom. The van der Waals surface area contributed by atoms with E-state index < -0.39 is 17.7 Å². The molecule has 4 nitrogen and oxygen atoms in total. The van der Waals surface area contributed by atoms with E-state index in [1.54, 1.807) is 24.3 Å². The summed E-state index contributed by atoms with van der Waals surface area (Å²) in [6.07, 6.45) is -3.66. The molecule has 0 radical (unpaired) electrons. The number of aromatic nitrogens is 1. The molecule has 8 heteroatoms. The van der Waals surface area contributed by atoms with E-state index in [1.165, 1.54) is 6.20 Å². The molecule has 2 rings (SSSR count). The second-order valence-electron chi connectivity index (χ2n) is 4.55. The fourth-order valence-electron chi connectivity index (χ4n) is 1.75. The summed E-state index contributed by atoms with van der Waals surface area (Å²) >= 11 is 3.28. The number of alkyl halides is 3. The highest BCUT2D eigenvalue weighted by Gasteiger charge is 2.58. The minimum atomic E-state index is -4.98. The van der Waals surface area contributed by atoms with Gasteiger partial charge in [0, 0.05) is 21.4 Å². The van der Waals surface area contributed by atoms with Crippen LogP contribution in [0.15, 0.2) is 34.9 Å². The van der Waals surface area contributed by atoms with Crippen LogP contribution in [-0.2, 0) is 4.79 Å². The molecule has 2 N–H and O–H groups in total. The van der Waals surface area contributed by atoms with Crippen LogP contribution in [0.25, 0.3) is 10.8 Å². The van der Waals surface area contributed by atoms with Gasteiger partial charge in [-0.3, -0.25) is 0 Å². The topological polar surface area (TPSA) is 62.2 Å². The lowest BCUT2D eigenvalue weighted by Crippen LogP contribution is -2.55. The van der Waals surface area contributed by atoms with E-state index in [-0.39, 0.29) is 5.82 Å². The Morgan fingerprint density at radius 3 is 2.52 bits per heavy atom. The zero-order chi connectivity index (χ0) is 15.8. The van der Waals surface area contributed by atoms with Crippen molar-refractivity contribution in [2.24, 2.45) is 0 Å². The van der Waals surface area contributed by atoms with E-state index >= 15 is 0 Å². The van der Waals surface area contributed by atoms with Crippen molar-refractivity contribution >= 4 is 38.5 Å². The quantitative estimate of drug-likeness (QED) is 0.871. The van der Waals surface area contributed by atoms with Crippen molar-refractivity contribution < 1.29 is 23.1 Å². The van der Waals surface area contributed by atoms with Crippen molar-refractivity contribution in [3.05, 3.63) is 34.9 Å². The van der Waals surface area contributed by atoms with Crippen molar-refractivity contribution in [1.82, 2.24) is 4.98 Å². The highest BCUT2D eigenvalue weighted by molar-refractivity contribution is 9.10. The number of rotatable bonds is 3. The summed E-state index contributed by atoms with van der Waals surface area (Å²) in [7, 11) is 0. The summed E-state index contributed by atoms with van der Waals surface area (Å²) < 4.78 is 39.8. The van der Waals surface area contributed by atoms with Gasteiger partial charge in [0.25, 0.3) is 0 Å². The molecular weight excluding hydrogens is 353 g/mol. The summed E-state index contributed by atoms with van der Waals surface area (Å²) in [4.78, 5) is 14.9. The van der Waals surface area contributed by atoms with Crippen molar-refractivity contribution in [3.8, 4) is 0 Å². The minimum absolute atomic E-state index is 0.143. The van der Waals surface area contributed by atoms with Crippen LogP contribution in [0.2, 0.25) is 0 Å². The first kappa shape index (κ1) is 15.6. The standard InChI is InChI=1S/C13H10BrF3N2O2/c1-12(11(20)21,13(15,16)17)19-10-8-3-2-4-9(14)7(8)5-6-18-10/h2-6H,1H3,(H,18,19)(H,20,21). The van der Waals surface area contributed by atoms with Crippen LogP contribution in [0.5, 0.6) is 0 Å². The number of halogens is 4. The first-order chi connectivity index (χ1) is 9.67. The summed E-state index contributed by atoms with van der Waals surface area (Å²) in [6.45, 7) is 0.563. The minimum Gasteiger partial charge on any atom is -0.479 e. The van der Waals surface area contributed by atoms with Crippen LogP contribution in [-0.4, -0.2) is 27.8 Å². The number of aliphatic carboxylic acids is 1. The number of nitrogens with one attached hydrogen (secondary N) is 1. The lowest BCUT2D eigenvalue weighted by atomic mass is 10.0. The van der Waals surface area contributed by atoms with Crippen molar-refractivity contribution in [2.45, 2.75) is 18.6 Å². The van der Waals surface area contributed by atoms with E-state index in [4.69, 9.17) is 5.11 Å². The molecule has 21 heavy (non-hydrogen) atoms. The molecule has 0 saturated heterocycles. The number of carbonyl (C=O) groups is 1. The Hall–Kier alpha value is -1.83. The van der Waals surface area contributed by atoms with E-state index in [1.807, 2.05) is 5.32 Å². The van der Waals surface area contributed by atoms with Crippen LogP contribution in [0, 0.1) is 0 Å². The Labute approximate surface area is 126 Å². The van der Waals surface area contributed by atoms with Gasteiger partial charge in [-0.25, -0.2) is 9.78 Å². The van der Waals surface area contributed by atoms with Gasteiger partial charge in [-0.15, -0.1) is 0 Å². The van der Waals surface area contributed by atoms with E-state index in [0.717, 1.165) is 0 Å². The molecule has 2 aromatic rings. The maximum Gasteiger partial charge on any atom is 0.422 e. The highest BCUT2D eigenvalue weighted by atomic mass is 79.9. The molecule has 1 atom stereocenters. The predicted octanol–water partition coefficient (Wildman–Crippen LogP) is 3.81. The summed E-state index contributed by atoms with van der Waals surface area (Å²) in [5.41, 5.74) is -3.13. The molecule has 1 aromatic carbocycles. The molecule has 112 valence electrons. The van der Waals surface area contributed by atoms with Crippen LogP contribution in [0.4, 0.5) is 19.0 Å². The maximum atomic E-state index is 13.0. The second kappa shape index (κ2) is 5.18. The largest absolute Gasteiger partial charge is 0.479 e. The number of fused-ring (bicyclic) bond motifs is 1. The second-order valence-corrected chi connectivity index (χ2v) is 5.40. The molecule has 0 spiro atoms. The normalized spacial score (nSPS) is 14.7. The molecule has 1 heterocycles. The van der Waals surface area contributed by atoms with Crippen molar-refractivity contribution in [3.63, 3.8) is 0 Å². The van der Waals surface area contributed by atoms with Crippen molar-refractivity contribution in [2.75, 3.05) is 5.32 Å². The fourth-order valence-corrected chi connectivity index (χ4v) is 2.25. The van der Waals surface area contributed by atoms with Crippen LogP contribution >= 0.6 is 15.9 Å². The lowest BCUT2D eigenvalue weighted by Gasteiger charge is -2.29. The van der Waals surface area contributed by atoms with Gasteiger partial charge >= 0.3 is 12.1 Å². The van der Waals surface area contributed by atoms with E-state index in [0.29, 0.717) is 22.2 Å². The SMILES string of the molecule is CC(Nc1nccc2c(Br)cccc12)(C(=O)O)C(F)(F)F. The Morgan fingerprint density at radius 2 is 1.95 bits per heavy atom. The zero-order valence-electron chi connectivity index (χ0n) is 10.7. The van der Waals surface area contributed by atoms with Crippen LogP contribution in [0.1, 0.15) is 6.92 Å². The number of pyridine rings is 1. The molecule has 0 fully saturated rings. The summed E-state index contributed by atoms with van der Waals surface area (Å²) in [6, 6.07) is 6.54. The maximum absolute atomic E-state index is 13.0. The third-order valence-electron chi connectivity index (χ3n) is 3.12. The fraction of sp³-hybridized carbons (Fsp3) is 0.231. The van der Waals surface area contributed by atoms with Gasteiger partial charge in [-0.1, -0.05) is 28.1 Å². The average molecular weight is 363 g/mol. The molecule has 0 aliphatic carbocycles. The Bertz CT molecular complexity index is 705. The van der Waals surface area contributed by atoms with Crippen molar-refractivity contribution in [1.29, 1.82) is 0 Å². The van der Waals surface area contributed by atoms with Crippen LogP contribution < -0.4 is 5.32 Å². The first-order valence-electron chi connectivity index (χ1n) is 5.78. The predicted molar refractivity (Wildman–Crippen MR) is 75.2 cm³/mol.